The van der Waals surface area contributed by atoms with Gasteiger partial charge in [-0.3, -0.25) is 10.1 Å². The zero-order valence-electron chi connectivity index (χ0n) is 17.7. The molecule has 0 atom stereocenters. The van der Waals surface area contributed by atoms with Crippen molar-refractivity contribution in [2.45, 2.75) is 13.8 Å². The van der Waals surface area contributed by atoms with E-state index in [1.54, 1.807) is 18.2 Å². The lowest BCUT2D eigenvalue weighted by Gasteiger charge is -2.13. The van der Waals surface area contributed by atoms with Crippen molar-refractivity contribution in [3.63, 3.8) is 0 Å². The molecular formula is C24H19F2N5O2. The first kappa shape index (κ1) is 21.8. The number of carbonyl (C=O) groups excluding carboxylic acids is 2. The first-order chi connectivity index (χ1) is 15.8. The highest BCUT2D eigenvalue weighted by Gasteiger charge is 2.19. The monoisotopic (exact) mass is 447 g/mol. The number of hydrogen-bond donors (Lipinski definition) is 3. The summed E-state index contributed by atoms with van der Waals surface area (Å²) in [6.45, 7) is 4.03. The van der Waals surface area contributed by atoms with Gasteiger partial charge in [-0.1, -0.05) is 18.2 Å². The first-order valence-electron chi connectivity index (χ1n) is 9.98. The second-order valence-electron chi connectivity index (χ2n) is 7.33. The molecule has 0 unspecified atom stereocenters. The Labute approximate surface area is 187 Å². The van der Waals surface area contributed by atoms with Crippen molar-refractivity contribution in [2.24, 2.45) is 0 Å². The number of halogens is 2. The van der Waals surface area contributed by atoms with Gasteiger partial charge in [-0.15, -0.1) is 0 Å². The van der Waals surface area contributed by atoms with E-state index in [0.717, 1.165) is 35.0 Å². The number of aryl methyl sites for hydroxylation is 1. The molecule has 0 aliphatic heterocycles. The Hall–Kier alpha value is -4.40. The Balaban J connectivity index is 1.52. The highest BCUT2D eigenvalue weighted by atomic mass is 19.1. The molecule has 166 valence electrons. The summed E-state index contributed by atoms with van der Waals surface area (Å²) in [5.74, 6) is -2.72. The van der Waals surface area contributed by atoms with E-state index in [9.17, 15) is 18.4 Å². The van der Waals surface area contributed by atoms with Crippen LogP contribution >= 0.6 is 0 Å². The number of urea groups is 1. The number of nitrogens with one attached hydrogen (secondary N) is 3. The standard InChI is InChI=1S/C24H19F2N5O2/c1-13-5-3-8-19(14(13)2)30-22-16-10-9-15(11-20(16)27-12-28-22)29-24(33)31-23(32)21-17(25)6-4-7-18(21)26/h3-12H,1-2H3,(H,27,28,30)(H2,29,31,32,33). The molecule has 4 rings (SSSR count). The van der Waals surface area contributed by atoms with Crippen molar-refractivity contribution in [3.05, 3.63) is 89.2 Å². The lowest BCUT2D eigenvalue weighted by molar-refractivity contribution is 0.0959. The number of amides is 3. The van der Waals surface area contributed by atoms with Crippen LogP contribution in [0.15, 0.2) is 60.9 Å². The van der Waals surface area contributed by atoms with Crippen LogP contribution in [-0.4, -0.2) is 21.9 Å². The number of nitrogens with zero attached hydrogens (tertiary/aromatic N) is 2. The average Bonchev–Trinajstić information content (AvgIpc) is 2.76. The van der Waals surface area contributed by atoms with Crippen molar-refractivity contribution >= 4 is 40.0 Å². The molecule has 0 radical (unpaired) electrons. The van der Waals surface area contributed by atoms with E-state index in [0.29, 0.717) is 22.4 Å². The van der Waals surface area contributed by atoms with E-state index >= 15 is 0 Å². The van der Waals surface area contributed by atoms with Crippen LogP contribution in [0.2, 0.25) is 0 Å². The Kier molecular flexibility index (Phi) is 5.95. The molecule has 0 aliphatic carbocycles. The van der Waals surface area contributed by atoms with Gasteiger partial charge < -0.3 is 10.6 Å². The number of benzene rings is 3. The third-order valence-corrected chi connectivity index (χ3v) is 5.17. The number of hydrogen-bond acceptors (Lipinski definition) is 5. The van der Waals surface area contributed by atoms with Crippen LogP contribution in [0.4, 0.5) is 30.8 Å². The van der Waals surface area contributed by atoms with Crippen molar-refractivity contribution in [1.82, 2.24) is 15.3 Å². The van der Waals surface area contributed by atoms with Crippen molar-refractivity contribution in [2.75, 3.05) is 10.6 Å². The number of aromatic nitrogens is 2. The highest BCUT2D eigenvalue weighted by molar-refractivity contribution is 6.08. The average molecular weight is 447 g/mol. The van der Waals surface area contributed by atoms with Gasteiger partial charge in [-0.05, 0) is 61.4 Å². The van der Waals surface area contributed by atoms with Gasteiger partial charge in [-0.25, -0.2) is 23.5 Å². The van der Waals surface area contributed by atoms with E-state index in [1.807, 2.05) is 37.4 Å². The summed E-state index contributed by atoms with van der Waals surface area (Å²) in [6.07, 6.45) is 1.39. The van der Waals surface area contributed by atoms with E-state index in [-0.39, 0.29) is 0 Å². The highest BCUT2D eigenvalue weighted by Crippen LogP contribution is 2.27. The third kappa shape index (κ3) is 4.62. The zero-order chi connectivity index (χ0) is 23.5. The molecule has 0 aliphatic rings. The number of anilines is 3. The molecule has 0 bridgehead atoms. The maximum atomic E-state index is 13.7. The quantitative estimate of drug-likeness (QED) is 0.398. The summed E-state index contributed by atoms with van der Waals surface area (Å²) in [5.41, 5.74) is 3.19. The van der Waals surface area contributed by atoms with E-state index in [4.69, 9.17) is 0 Å². The Morgan fingerprint density at radius 2 is 1.64 bits per heavy atom. The Morgan fingerprint density at radius 3 is 2.39 bits per heavy atom. The first-order valence-corrected chi connectivity index (χ1v) is 9.98. The summed E-state index contributed by atoms with van der Waals surface area (Å²) < 4.78 is 27.5. The van der Waals surface area contributed by atoms with E-state index in [1.165, 1.54) is 6.33 Å². The summed E-state index contributed by atoms with van der Waals surface area (Å²) in [7, 11) is 0. The van der Waals surface area contributed by atoms with Crippen molar-refractivity contribution in [1.29, 1.82) is 0 Å². The number of carbonyl (C=O) groups is 2. The van der Waals surface area contributed by atoms with Crippen molar-refractivity contribution < 1.29 is 18.4 Å². The van der Waals surface area contributed by atoms with Crippen LogP contribution in [0.5, 0.6) is 0 Å². The van der Waals surface area contributed by atoms with E-state index < -0.39 is 29.1 Å². The molecule has 33 heavy (non-hydrogen) atoms. The Bertz CT molecular complexity index is 1370. The second-order valence-corrected chi connectivity index (χ2v) is 7.33. The van der Waals surface area contributed by atoms with Gasteiger partial charge in [0, 0.05) is 16.8 Å². The molecule has 0 fully saturated rings. The molecule has 1 aromatic heterocycles. The van der Waals surface area contributed by atoms with Crippen LogP contribution in [0.3, 0.4) is 0 Å². The molecule has 3 amide bonds. The number of fused-ring (bicyclic) bond motifs is 1. The molecular weight excluding hydrogens is 428 g/mol. The topological polar surface area (TPSA) is 96.0 Å². The van der Waals surface area contributed by atoms with E-state index in [2.05, 4.69) is 20.6 Å². The summed E-state index contributed by atoms with van der Waals surface area (Å²) >= 11 is 0. The molecule has 9 heteroatoms. The summed E-state index contributed by atoms with van der Waals surface area (Å²) in [4.78, 5) is 32.8. The summed E-state index contributed by atoms with van der Waals surface area (Å²) in [6, 6.07) is 12.9. The van der Waals surface area contributed by atoms with Crippen LogP contribution in [0.1, 0.15) is 21.5 Å². The second kappa shape index (κ2) is 8.99. The van der Waals surface area contributed by atoms with Gasteiger partial charge in [0.2, 0.25) is 0 Å². The Morgan fingerprint density at radius 1 is 0.909 bits per heavy atom. The lowest BCUT2D eigenvalue weighted by atomic mass is 10.1. The minimum atomic E-state index is -1.19. The SMILES string of the molecule is Cc1cccc(Nc2ncnc3cc(NC(=O)NC(=O)c4c(F)cccc4F)ccc23)c1C. The largest absolute Gasteiger partial charge is 0.339 e. The molecule has 1 heterocycles. The molecule has 0 saturated heterocycles. The maximum Gasteiger partial charge on any atom is 0.326 e. The van der Waals surface area contributed by atoms with Gasteiger partial charge in [0.05, 0.1) is 5.52 Å². The number of imide groups is 1. The van der Waals surface area contributed by atoms with Gasteiger partial charge in [0.25, 0.3) is 5.91 Å². The summed E-state index contributed by atoms with van der Waals surface area (Å²) in [5, 5.41) is 8.40. The molecule has 4 aromatic rings. The smallest absolute Gasteiger partial charge is 0.326 e. The normalized spacial score (nSPS) is 10.7. The molecule has 0 saturated carbocycles. The molecule has 3 aromatic carbocycles. The van der Waals surface area contributed by atoms with Crippen LogP contribution in [-0.2, 0) is 0 Å². The fourth-order valence-corrected chi connectivity index (χ4v) is 3.29. The minimum Gasteiger partial charge on any atom is -0.339 e. The predicted octanol–water partition coefficient (Wildman–Crippen LogP) is 5.23. The van der Waals surface area contributed by atoms with Gasteiger partial charge >= 0.3 is 6.03 Å². The fraction of sp³-hybridized carbons (Fsp3) is 0.0833. The van der Waals surface area contributed by atoms with Crippen molar-refractivity contribution in [3.8, 4) is 0 Å². The van der Waals surface area contributed by atoms with Gasteiger partial charge in [0.15, 0.2) is 0 Å². The third-order valence-electron chi connectivity index (χ3n) is 5.17. The molecule has 0 spiro atoms. The van der Waals surface area contributed by atoms with Gasteiger partial charge in [0.1, 0.15) is 29.3 Å². The molecule has 7 nitrogen and oxygen atoms in total. The minimum absolute atomic E-state index is 0.332. The number of rotatable bonds is 4. The lowest BCUT2D eigenvalue weighted by Crippen LogP contribution is -2.35. The van der Waals surface area contributed by atoms with Crippen LogP contribution in [0.25, 0.3) is 10.9 Å². The zero-order valence-corrected chi connectivity index (χ0v) is 17.7. The van der Waals surface area contributed by atoms with Crippen LogP contribution < -0.4 is 16.0 Å². The maximum absolute atomic E-state index is 13.7. The van der Waals surface area contributed by atoms with Crippen LogP contribution in [0, 0.1) is 25.5 Å². The fourth-order valence-electron chi connectivity index (χ4n) is 3.29. The molecule has 3 N–H and O–H groups in total. The van der Waals surface area contributed by atoms with Gasteiger partial charge in [-0.2, -0.15) is 0 Å². The predicted molar refractivity (Wildman–Crippen MR) is 122 cm³/mol.